The fourth-order valence-corrected chi connectivity index (χ4v) is 6.38. The monoisotopic (exact) mass is 278 g/mol. The van der Waals surface area contributed by atoms with E-state index in [-0.39, 0.29) is 5.41 Å². The van der Waals surface area contributed by atoms with E-state index in [2.05, 4.69) is 13.8 Å². The van der Waals surface area contributed by atoms with E-state index in [1.807, 2.05) is 0 Å². The Labute approximate surface area is 123 Å². The SMILES string of the molecule is C[C@@H](CC(=O)O)C1(C)[C@H]2CCCC[C@@H]2[C@H]2CCCC[C@@H]21. The summed E-state index contributed by atoms with van der Waals surface area (Å²) in [5, 5.41) is 9.25. The van der Waals surface area contributed by atoms with E-state index in [1.165, 1.54) is 51.4 Å². The largest absolute Gasteiger partial charge is 0.481 e. The van der Waals surface area contributed by atoms with Crippen LogP contribution in [0.2, 0.25) is 0 Å². The van der Waals surface area contributed by atoms with Gasteiger partial charge < -0.3 is 5.11 Å². The molecule has 0 aromatic heterocycles. The molecule has 3 aliphatic carbocycles. The molecular weight excluding hydrogens is 248 g/mol. The van der Waals surface area contributed by atoms with Crippen molar-refractivity contribution >= 4 is 5.97 Å². The topological polar surface area (TPSA) is 37.3 Å². The van der Waals surface area contributed by atoms with Gasteiger partial charge in [-0.15, -0.1) is 0 Å². The Kier molecular flexibility index (Phi) is 3.85. The lowest BCUT2D eigenvalue weighted by Gasteiger charge is -2.45. The van der Waals surface area contributed by atoms with Gasteiger partial charge in [0.05, 0.1) is 0 Å². The highest BCUT2D eigenvalue weighted by molar-refractivity contribution is 5.67. The Morgan fingerprint density at radius 2 is 1.50 bits per heavy atom. The molecule has 3 saturated carbocycles. The Bertz CT molecular complexity index is 354. The summed E-state index contributed by atoms with van der Waals surface area (Å²) in [5.74, 6) is 3.16. The van der Waals surface area contributed by atoms with Crippen LogP contribution in [0.25, 0.3) is 0 Å². The van der Waals surface area contributed by atoms with E-state index in [4.69, 9.17) is 0 Å². The quantitative estimate of drug-likeness (QED) is 0.810. The molecule has 2 nitrogen and oxygen atoms in total. The van der Waals surface area contributed by atoms with Crippen molar-refractivity contribution in [1.29, 1.82) is 0 Å². The molecule has 0 aromatic rings. The maximum atomic E-state index is 11.2. The third-order valence-corrected chi connectivity index (χ3v) is 7.33. The van der Waals surface area contributed by atoms with Gasteiger partial charge in [0.25, 0.3) is 0 Å². The van der Waals surface area contributed by atoms with Crippen LogP contribution in [0.1, 0.15) is 71.6 Å². The molecule has 0 heterocycles. The van der Waals surface area contributed by atoms with Crippen molar-refractivity contribution in [3.63, 3.8) is 0 Å². The number of hydrogen-bond acceptors (Lipinski definition) is 1. The normalized spacial score (nSPS) is 40.7. The number of carboxylic acids is 1. The number of aliphatic carboxylic acids is 1. The molecule has 20 heavy (non-hydrogen) atoms. The van der Waals surface area contributed by atoms with Gasteiger partial charge in [-0.2, -0.15) is 0 Å². The highest BCUT2D eigenvalue weighted by Crippen LogP contribution is 2.66. The molecule has 0 radical (unpaired) electrons. The molecule has 114 valence electrons. The minimum absolute atomic E-state index is 0.286. The lowest BCUT2D eigenvalue weighted by molar-refractivity contribution is -0.140. The summed E-state index contributed by atoms with van der Waals surface area (Å²) in [5.41, 5.74) is 0.286. The molecule has 0 unspecified atom stereocenters. The highest BCUT2D eigenvalue weighted by atomic mass is 16.4. The summed E-state index contributed by atoms with van der Waals surface area (Å²) in [6, 6.07) is 0. The Morgan fingerprint density at radius 1 is 1.05 bits per heavy atom. The predicted molar refractivity (Wildman–Crippen MR) is 80.4 cm³/mol. The van der Waals surface area contributed by atoms with Crippen molar-refractivity contribution < 1.29 is 9.90 Å². The maximum absolute atomic E-state index is 11.2. The van der Waals surface area contributed by atoms with Gasteiger partial charge in [-0.3, -0.25) is 4.79 Å². The van der Waals surface area contributed by atoms with Crippen molar-refractivity contribution in [2.45, 2.75) is 71.6 Å². The van der Waals surface area contributed by atoms with E-state index in [9.17, 15) is 9.90 Å². The molecule has 3 rings (SSSR count). The summed E-state index contributed by atoms with van der Waals surface area (Å²) >= 11 is 0. The number of hydrogen-bond donors (Lipinski definition) is 1. The van der Waals surface area contributed by atoms with E-state index >= 15 is 0 Å². The van der Waals surface area contributed by atoms with Crippen molar-refractivity contribution in [3.05, 3.63) is 0 Å². The molecular formula is C18H30O2. The molecule has 0 aliphatic heterocycles. The second-order valence-electron chi connectivity index (χ2n) is 7.97. The van der Waals surface area contributed by atoms with Crippen molar-refractivity contribution in [1.82, 2.24) is 0 Å². The summed E-state index contributed by atoms with van der Waals surface area (Å²) in [6.07, 6.45) is 11.5. The third-order valence-electron chi connectivity index (χ3n) is 7.33. The van der Waals surface area contributed by atoms with Crippen LogP contribution < -0.4 is 0 Å². The Balaban J connectivity index is 1.91. The summed E-state index contributed by atoms with van der Waals surface area (Å²) in [6.45, 7) is 4.68. The van der Waals surface area contributed by atoms with Crippen LogP contribution in [0.5, 0.6) is 0 Å². The lowest BCUT2D eigenvalue weighted by Crippen LogP contribution is -2.39. The van der Waals surface area contributed by atoms with E-state index in [0.29, 0.717) is 12.3 Å². The molecule has 3 aliphatic rings. The van der Waals surface area contributed by atoms with Gasteiger partial charge in [-0.25, -0.2) is 0 Å². The van der Waals surface area contributed by atoms with Gasteiger partial charge in [0, 0.05) is 6.42 Å². The average molecular weight is 278 g/mol. The van der Waals surface area contributed by atoms with Gasteiger partial charge in [-0.05, 0) is 60.7 Å². The van der Waals surface area contributed by atoms with Crippen molar-refractivity contribution in [2.75, 3.05) is 0 Å². The fraction of sp³-hybridized carbons (Fsp3) is 0.944. The zero-order valence-electron chi connectivity index (χ0n) is 13.1. The fourth-order valence-electron chi connectivity index (χ4n) is 6.38. The highest BCUT2D eigenvalue weighted by Gasteiger charge is 2.59. The summed E-state index contributed by atoms with van der Waals surface area (Å²) < 4.78 is 0. The first-order valence-electron chi connectivity index (χ1n) is 8.77. The van der Waals surface area contributed by atoms with E-state index < -0.39 is 5.97 Å². The standard InChI is InChI=1S/C18H30O2/c1-12(11-17(19)20)18(2)15-9-5-3-7-13(15)14-8-4-6-10-16(14)18/h12-16H,3-11H2,1-2H3,(H,19,20)/t12-,13+,14+,15-,16-/m0/s1. The first kappa shape index (κ1) is 14.4. The van der Waals surface area contributed by atoms with Crippen LogP contribution in [0.15, 0.2) is 0 Å². The number of rotatable bonds is 3. The maximum Gasteiger partial charge on any atom is 0.303 e. The first-order valence-corrected chi connectivity index (χ1v) is 8.77. The van der Waals surface area contributed by atoms with Crippen LogP contribution in [-0.2, 0) is 4.79 Å². The predicted octanol–water partition coefficient (Wildman–Crippen LogP) is 4.73. The Morgan fingerprint density at radius 3 is 1.95 bits per heavy atom. The number of fused-ring (bicyclic) bond motifs is 3. The molecule has 0 aromatic carbocycles. The molecule has 1 N–H and O–H groups in total. The van der Waals surface area contributed by atoms with Gasteiger partial charge in [0.15, 0.2) is 0 Å². The molecule has 0 spiro atoms. The molecule has 5 atom stereocenters. The van der Waals surface area contributed by atoms with Crippen molar-refractivity contribution in [3.8, 4) is 0 Å². The van der Waals surface area contributed by atoms with E-state index in [0.717, 1.165) is 23.7 Å². The van der Waals surface area contributed by atoms with E-state index in [1.54, 1.807) is 0 Å². The van der Waals surface area contributed by atoms with Gasteiger partial charge in [0.1, 0.15) is 0 Å². The molecule has 0 amide bonds. The minimum atomic E-state index is -0.606. The lowest BCUT2D eigenvalue weighted by atomic mass is 9.60. The minimum Gasteiger partial charge on any atom is -0.481 e. The van der Waals surface area contributed by atoms with Gasteiger partial charge in [0.2, 0.25) is 0 Å². The Hall–Kier alpha value is -0.530. The molecule has 0 bridgehead atoms. The van der Waals surface area contributed by atoms with Crippen LogP contribution in [0, 0.1) is 35.0 Å². The second kappa shape index (κ2) is 5.35. The first-order chi connectivity index (χ1) is 9.55. The third kappa shape index (κ3) is 2.10. The van der Waals surface area contributed by atoms with Gasteiger partial charge in [-0.1, -0.05) is 39.5 Å². The average Bonchev–Trinajstić information content (AvgIpc) is 2.71. The summed E-state index contributed by atoms with van der Waals surface area (Å²) in [7, 11) is 0. The van der Waals surface area contributed by atoms with Crippen molar-refractivity contribution in [2.24, 2.45) is 35.0 Å². The van der Waals surface area contributed by atoms with Crippen LogP contribution in [-0.4, -0.2) is 11.1 Å². The number of carbonyl (C=O) groups is 1. The summed E-state index contributed by atoms with van der Waals surface area (Å²) in [4.78, 5) is 11.2. The molecule has 0 saturated heterocycles. The van der Waals surface area contributed by atoms with Gasteiger partial charge >= 0.3 is 5.97 Å². The second-order valence-corrected chi connectivity index (χ2v) is 7.97. The zero-order chi connectivity index (χ0) is 14.3. The van der Waals surface area contributed by atoms with Crippen LogP contribution >= 0.6 is 0 Å². The number of carboxylic acid groups (broad SMARTS) is 1. The smallest absolute Gasteiger partial charge is 0.303 e. The van der Waals surface area contributed by atoms with Crippen LogP contribution in [0.4, 0.5) is 0 Å². The zero-order valence-corrected chi connectivity index (χ0v) is 13.1. The van der Waals surface area contributed by atoms with Crippen LogP contribution in [0.3, 0.4) is 0 Å². The molecule has 3 fully saturated rings. The molecule has 2 heteroatoms.